The van der Waals surface area contributed by atoms with Crippen LogP contribution in [0, 0.1) is 0 Å². The number of nitrogens with one attached hydrogen (secondary N) is 2. The Bertz CT molecular complexity index is 506. The molecule has 0 bridgehead atoms. The molecule has 7 heteroatoms. The Labute approximate surface area is 135 Å². The lowest BCUT2D eigenvalue weighted by molar-refractivity contribution is 0.0739. The lowest BCUT2D eigenvalue weighted by Gasteiger charge is -2.32. The molecule has 1 aliphatic heterocycles. The van der Waals surface area contributed by atoms with Crippen molar-refractivity contribution in [1.29, 1.82) is 0 Å². The van der Waals surface area contributed by atoms with Crippen LogP contribution in [0.5, 0.6) is 0 Å². The molecule has 2 amide bonds. The van der Waals surface area contributed by atoms with Crippen LogP contribution < -0.4 is 10.6 Å². The van der Waals surface area contributed by atoms with Crippen molar-refractivity contribution in [3.8, 4) is 0 Å². The van der Waals surface area contributed by atoms with E-state index in [4.69, 9.17) is 4.74 Å². The van der Waals surface area contributed by atoms with Gasteiger partial charge in [0.15, 0.2) is 0 Å². The number of piperidine rings is 1. The first-order chi connectivity index (χ1) is 11.1. The minimum atomic E-state index is -2.30. The first kappa shape index (κ1) is 17.6. The van der Waals surface area contributed by atoms with Crippen molar-refractivity contribution in [2.24, 2.45) is 0 Å². The first-order valence-corrected chi connectivity index (χ1v) is 7.72. The van der Waals surface area contributed by atoms with Gasteiger partial charge in [-0.3, -0.25) is 4.90 Å². The summed E-state index contributed by atoms with van der Waals surface area (Å²) in [6, 6.07) is 7.19. The van der Waals surface area contributed by atoms with Gasteiger partial charge in [-0.2, -0.15) is 0 Å². The van der Waals surface area contributed by atoms with Gasteiger partial charge in [-0.05, 0) is 30.5 Å². The fraction of sp³-hybridized carbons (Fsp3) is 0.562. The molecule has 1 heterocycles. The average molecular weight is 327 g/mol. The summed E-state index contributed by atoms with van der Waals surface area (Å²) in [6.45, 7) is 1.46. The van der Waals surface area contributed by atoms with Gasteiger partial charge in [0, 0.05) is 31.9 Å². The highest BCUT2D eigenvalue weighted by Gasteiger charge is 2.22. The van der Waals surface area contributed by atoms with Crippen LogP contribution in [0.25, 0.3) is 0 Å². The highest BCUT2D eigenvalue weighted by atomic mass is 19.3. The molecule has 5 nitrogen and oxygen atoms in total. The molecular weight excluding hydrogens is 304 g/mol. The van der Waals surface area contributed by atoms with Gasteiger partial charge in [0.05, 0.1) is 13.2 Å². The Hall–Kier alpha value is -1.73. The highest BCUT2D eigenvalue weighted by Crippen LogP contribution is 2.14. The van der Waals surface area contributed by atoms with Crippen LogP contribution in [0.3, 0.4) is 0 Å². The number of rotatable bonds is 6. The van der Waals surface area contributed by atoms with E-state index in [1.165, 1.54) is 0 Å². The summed E-state index contributed by atoms with van der Waals surface area (Å²) >= 11 is 0. The fourth-order valence-electron chi connectivity index (χ4n) is 2.71. The van der Waals surface area contributed by atoms with Crippen LogP contribution in [0.1, 0.15) is 18.4 Å². The zero-order valence-corrected chi connectivity index (χ0v) is 13.2. The van der Waals surface area contributed by atoms with Gasteiger partial charge in [0.25, 0.3) is 6.43 Å². The second-order valence-electron chi connectivity index (χ2n) is 5.70. The van der Waals surface area contributed by atoms with Crippen LogP contribution >= 0.6 is 0 Å². The summed E-state index contributed by atoms with van der Waals surface area (Å²) in [5.74, 6) is 0. The van der Waals surface area contributed by atoms with Gasteiger partial charge in [0.2, 0.25) is 0 Å². The number of amides is 2. The molecule has 2 N–H and O–H groups in total. The summed E-state index contributed by atoms with van der Waals surface area (Å²) in [6.07, 6.45) is -0.935. The predicted molar refractivity (Wildman–Crippen MR) is 84.8 cm³/mol. The summed E-state index contributed by atoms with van der Waals surface area (Å²) < 4.78 is 29.7. The number of likely N-dealkylation sites (tertiary alicyclic amines) is 1. The molecule has 0 atom stereocenters. The third kappa shape index (κ3) is 6.11. The zero-order valence-electron chi connectivity index (χ0n) is 13.2. The summed E-state index contributed by atoms with van der Waals surface area (Å²) in [7, 11) is 1.62. The number of halogens is 2. The molecule has 0 saturated carbocycles. The number of benzene rings is 1. The number of carbonyl (C=O) groups excluding carboxylic acids is 1. The second kappa shape index (κ2) is 8.79. The summed E-state index contributed by atoms with van der Waals surface area (Å²) in [4.78, 5) is 13.8. The monoisotopic (exact) mass is 327 g/mol. The SMILES string of the molecule is COCc1cccc(NC(=O)NC2CCN(CC(F)F)CC2)c1. The van der Waals surface area contributed by atoms with E-state index >= 15 is 0 Å². The van der Waals surface area contributed by atoms with Gasteiger partial charge in [-0.15, -0.1) is 0 Å². The Morgan fingerprint density at radius 3 is 2.78 bits per heavy atom. The number of urea groups is 1. The Kier molecular flexibility index (Phi) is 6.73. The molecule has 0 spiro atoms. The Morgan fingerprint density at radius 1 is 1.39 bits per heavy atom. The lowest BCUT2D eigenvalue weighted by Crippen LogP contribution is -2.46. The van der Waals surface area contributed by atoms with E-state index in [0.29, 0.717) is 38.2 Å². The van der Waals surface area contributed by atoms with Crippen LogP contribution in [-0.2, 0) is 11.3 Å². The van der Waals surface area contributed by atoms with E-state index in [9.17, 15) is 13.6 Å². The van der Waals surface area contributed by atoms with Gasteiger partial charge < -0.3 is 15.4 Å². The van der Waals surface area contributed by atoms with Crippen molar-refractivity contribution in [1.82, 2.24) is 10.2 Å². The molecular formula is C16H23F2N3O2. The van der Waals surface area contributed by atoms with Crippen molar-refractivity contribution in [2.75, 3.05) is 32.1 Å². The zero-order chi connectivity index (χ0) is 16.7. The number of methoxy groups -OCH3 is 1. The van der Waals surface area contributed by atoms with E-state index < -0.39 is 6.43 Å². The van der Waals surface area contributed by atoms with E-state index in [1.807, 2.05) is 24.3 Å². The third-order valence-electron chi connectivity index (χ3n) is 3.81. The molecule has 0 radical (unpaired) electrons. The van der Waals surface area contributed by atoms with Crippen molar-refractivity contribution < 1.29 is 18.3 Å². The van der Waals surface area contributed by atoms with Gasteiger partial charge >= 0.3 is 6.03 Å². The third-order valence-corrected chi connectivity index (χ3v) is 3.81. The van der Waals surface area contributed by atoms with E-state index in [2.05, 4.69) is 10.6 Å². The van der Waals surface area contributed by atoms with Crippen LogP contribution in [0.4, 0.5) is 19.3 Å². The molecule has 0 unspecified atom stereocenters. The highest BCUT2D eigenvalue weighted by molar-refractivity contribution is 5.89. The maximum absolute atomic E-state index is 12.3. The molecule has 1 aromatic carbocycles. The quantitative estimate of drug-likeness (QED) is 0.845. The van der Waals surface area contributed by atoms with Gasteiger partial charge in [0.1, 0.15) is 0 Å². The predicted octanol–water partition coefficient (Wildman–Crippen LogP) is 2.68. The molecule has 23 heavy (non-hydrogen) atoms. The molecule has 2 rings (SSSR count). The molecule has 1 fully saturated rings. The summed E-state index contributed by atoms with van der Waals surface area (Å²) in [5.41, 5.74) is 1.68. The minimum absolute atomic E-state index is 0.0195. The topological polar surface area (TPSA) is 53.6 Å². The number of alkyl halides is 2. The Morgan fingerprint density at radius 2 is 2.13 bits per heavy atom. The van der Waals surface area contributed by atoms with Crippen LogP contribution in [0.2, 0.25) is 0 Å². The number of ether oxygens (including phenoxy) is 1. The number of hydrogen-bond donors (Lipinski definition) is 2. The number of hydrogen-bond acceptors (Lipinski definition) is 3. The Balaban J connectivity index is 1.76. The van der Waals surface area contributed by atoms with Crippen LogP contribution in [0.15, 0.2) is 24.3 Å². The molecule has 1 saturated heterocycles. The average Bonchev–Trinajstić information content (AvgIpc) is 2.49. The lowest BCUT2D eigenvalue weighted by atomic mass is 10.1. The minimum Gasteiger partial charge on any atom is -0.380 e. The largest absolute Gasteiger partial charge is 0.380 e. The van der Waals surface area contributed by atoms with Crippen molar-refractivity contribution in [3.63, 3.8) is 0 Å². The van der Waals surface area contributed by atoms with Gasteiger partial charge in [-0.1, -0.05) is 12.1 Å². The summed E-state index contributed by atoms with van der Waals surface area (Å²) in [5, 5.41) is 5.69. The fourth-order valence-corrected chi connectivity index (χ4v) is 2.71. The molecule has 128 valence electrons. The number of carbonyl (C=O) groups is 1. The normalized spacial score (nSPS) is 16.5. The van der Waals surface area contributed by atoms with Crippen molar-refractivity contribution in [3.05, 3.63) is 29.8 Å². The van der Waals surface area contributed by atoms with Crippen LogP contribution in [-0.4, -0.2) is 50.1 Å². The maximum Gasteiger partial charge on any atom is 0.319 e. The molecule has 0 aromatic heterocycles. The van der Waals surface area contributed by atoms with Crippen molar-refractivity contribution in [2.45, 2.75) is 31.9 Å². The van der Waals surface area contributed by atoms with Gasteiger partial charge in [-0.25, -0.2) is 13.6 Å². The standard InChI is InChI=1S/C16H23F2N3O2/c1-23-11-12-3-2-4-14(9-12)20-16(22)19-13-5-7-21(8-6-13)10-15(17)18/h2-4,9,13,15H,5-8,10-11H2,1H3,(H2,19,20,22). The molecule has 1 aliphatic rings. The number of anilines is 1. The van der Waals surface area contributed by atoms with E-state index in [0.717, 1.165) is 5.56 Å². The molecule has 1 aromatic rings. The van der Waals surface area contributed by atoms with E-state index in [-0.39, 0.29) is 18.6 Å². The second-order valence-corrected chi connectivity index (χ2v) is 5.70. The van der Waals surface area contributed by atoms with E-state index in [1.54, 1.807) is 12.0 Å². The maximum atomic E-state index is 12.3. The first-order valence-electron chi connectivity index (χ1n) is 7.72. The molecule has 0 aliphatic carbocycles. The number of nitrogens with zero attached hydrogens (tertiary/aromatic N) is 1. The van der Waals surface area contributed by atoms with Crippen molar-refractivity contribution >= 4 is 11.7 Å². The smallest absolute Gasteiger partial charge is 0.319 e.